The van der Waals surface area contributed by atoms with Crippen molar-refractivity contribution in [3.8, 4) is 0 Å². The minimum atomic E-state index is -0.622. The summed E-state index contributed by atoms with van der Waals surface area (Å²) in [5, 5.41) is 2.99. The maximum absolute atomic E-state index is 13.1. The van der Waals surface area contributed by atoms with Gasteiger partial charge in [-0.05, 0) is 49.6 Å². The van der Waals surface area contributed by atoms with E-state index in [1.165, 1.54) is 24.3 Å². The first-order valence-electron chi connectivity index (χ1n) is 8.85. The molecule has 0 aliphatic carbocycles. The summed E-state index contributed by atoms with van der Waals surface area (Å²) < 4.78 is 13.1. The van der Waals surface area contributed by atoms with E-state index in [-0.39, 0.29) is 17.6 Å². The van der Waals surface area contributed by atoms with Crippen molar-refractivity contribution in [1.82, 2.24) is 10.2 Å². The van der Waals surface area contributed by atoms with E-state index in [9.17, 15) is 14.0 Å². The van der Waals surface area contributed by atoms with E-state index in [0.717, 1.165) is 18.4 Å². The lowest BCUT2D eigenvalue weighted by Gasteiger charge is -2.39. The first-order valence-corrected chi connectivity index (χ1v) is 8.85. The molecule has 0 unspecified atom stereocenters. The Bertz CT molecular complexity index is 776. The zero-order valence-electron chi connectivity index (χ0n) is 14.9. The standard InChI is InChI=1S/C21H23FN2O2/c1-21(20(26)23-14-16-6-3-2-4-7-16)12-5-13-24(15-21)19(25)17-8-10-18(22)11-9-17/h2-4,6-11H,5,12-15H2,1H3,(H,23,26)/t21-/m0/s1. The van der Waals surface area contributed by atoms with Crippen LogP contribution in [0.15, 0.2) is 54.6 Å². The molecule has 1 saturated heterocycles. The molecular formula is C21H23FN2O2. The van der Waals surface area contributed by atoms with Gasteiger partial charge < -0.3 is 10.2 Å². The summed E-state index contributed by atoms with van der Waals surface area (Å²) in [6.45, 7) is 3.35. The fourth-order valence-corrected chi connectivity index (χ4v) is 3.36. The van der Waals surface area contributed by atoms with Gasteiger partial charge in [-0.3, -0.25) is 9.59 Å². The van der Waals surface area contributed by atoms with Crippen LogP contribution in [0.2, 0.25) is 0 Å². The average Bonchev–Trinajstić information content (AvgIpc) is 2.67. The number of nitrogens with zero attached hydrogens (tertiary/aromatic N) is 1. The molecule has 0 spiro atoms. The second-order valence-corrected chi connectivity index (χ2v) is 7.07. The Morgan fingerprint density at radius 1 is 1.12 bits per heavy atom. The Kier molecular flexibility index (Phi) is 5.35. The average molecular weight is 354 g/mol. The van der Waals surface area contributed by atoms with E-state index in [4.69, 9.17) is 0 Å². The number of piperidine rings is 1. The van der Waals surface area contributed by atoms with Crippen LogP contribution in [0.25, 0.3) is 0 Å². The summed E-state index contributed by atoms with van der Waals surface area (Å²) in [6.07, 6.45) is 1.50. The van der Waals surface area contributed by atoms with Crippen molar-refractivity contribution in [2.45, 2.75) is 26.3 Å². The molecule has 2 aromatic rings. The lowest BCUT2D eigenvalue weighted by molar-refractivity contribution is -0.132. The second kappa shape index (κ2) is 7.68. The van der Waals surface area contributed by atoms with Gasteiger partial charge in [0.25, 0.3) is 5.91 Å². The molecule has 26 heavy (non-hydrogen) atoms. The molecular weight excluding hydrogens is 331 g/mol. The summed E-state index contributed by atoms with van der Waals surface area (Å²) in [5.74, 6) is -0.574. The van der Waals surface area contributed by atoms with Gasteiger partial charge in [0.1, 0.15) is 5.82 Å². The number of carbonyl (C=O) groups excluding carboxylic acids is 2. The first kappa shape index (κ1) is 18.1. The van der Waals surface area contributed by atoms with Gasteiger partial charge in [0.2, 0.25) is 5.91 Å². The molecule has 0 bridgehead atoms. The van der Waals surface area contributed by atoms with Gasteiger partial charge in [0.05, 0.1) is 5.41 Å². The quantitative estimate of drug-likeness (QED) is 0.915. The highest BCUT2D eigenvalue weighted by atomic mass is 19.1. The van der Waals surface area contributed by atoms with Gasteiger partial charge in [-0.15, -0.1) is 0 Å². The van der Waals surface area contributed by atoms with Gasteiger partial charge in [0.15, 0.2) is 0 Å². The number of carbonyl (C=O) groups is 2. The van der Waals surface area contributed by atoms with E-state index >= 15 is 0 Å². The fourth-order valence-electron chi connectivity index (χ4n) is 3.36. The lowest BCUT2D eigenvalue weighted by atomic mass is 9.80. The minimum Gasteiger partial charge on any atom is -0.351 e. The van der Waals surface area contributed by atoms with Gasteiger partial charge in [-0.25, -0.2) is 4.39 Å². The molecule has 4 nitrogen and oxygen atoms in total. The lowest BCUT2D eigenvalue weighted by Crippen LogP contribution is -2.51. The van der Waals surface area contributed by atoms with Crippen molar-refractivity contribution < 1.29 is 14.0 Å². The SMILES string of the molecule is C[C@]1(C(=O)NCc2ccccc2)CCCN(C(=O)c2ccc(F)cc2)C1. The van der Waals surface area contributed by atoms with Crippen molar-refractivity contribution in [2.24, 2.45) is 5.41 Å². The van der Waals surface area contributed by atoms with Crippen LogP contribution in [0.4, 0.5) is 4.39 Å². The summed E-state index contributed by atoms with van der Waals surface area (Å²) in [7, 11) is 0. The van der Waals surface area contributed by atoms with Crippen molar-refractivity contribution in [3.63, 3.8) is 0 Å². The number of rotatable bonds is 4. The molecule has 0 radical (unpaired) electrons. The zero-order valence-corrected chi connectivity index (χ0v) is 14.9. The van der Waals surface area contributed by atoms with Gasteiger partial charge >= 0.3 is 0 Å². The van der Waals surface area contributed by atoms with Gasteiger partial charge in [0, 0.05) is 25.2 Å². The molecule has 1 fully saturated rings. The third-order valence-corrected chi connectivity index (χ3v) is 4.92. The maximum Gasteiger partial charge on any atom is 0.253 e. The molecule has 0 aromatic heterocycles. The number of hydrogen-bond donors (Lipinski definition) is 1. The molecule has 1 heterocycles. The largest absolute Gasteiger partial charge is 0.351 e. The molecule has 2 amide bonds. The third kappa shape index (κ3) is 4.10. The van der Waals surface area contributed by atoms with E-state index < -0.39 is 5.41 Å². The van der Waals surface area contributed by atoms with E-state index in [0.29, 0.717) is 25.2 Å². The van der Waals surface area contributed by atoms with E-state index in [1.807, 2.05) is 37.3 Å². The zero-order chi connectivity index (χ0) is 18.6. The third-order valence-electron chi connectivity index (χ3n) is 4.92. The first-order chi connectivity index (χ1) is 12.5. The van der Waals surface area contributed by atoms with Crippen molar-refractivity contribution >= 4 is 11.8 Å². The summed E-state index contributed by atoms with van der Waals surface area (Å²) >= 11 is 0. The van der Waals surface area contributed by atoms with Crippen LogP contribution in [0.5, 0.6) is 0 Å². The van der Waals surface area contributed by atoms with Crippen molar-refractivity contribution in [2.75, 3.05) is 13.1 Å². The van der Waals surface area contributed by atoms with Crippen LogP contribution in [-0.2, 0) is 11.3 Å². The Morgan fingerprint density at radius 3 is 2.50 bits per heavy atom. The summed E-state index contributed by atoms with van der Waals surface area (Å²) in [6, 6.07) is 15.3. The molecule has 136 valence electrons. The molecule has 2 aromatic carbocycles. The number of benzene rings is 2. The monoisotopic (exact) mass is 354 g/mol. The number of nitrogens with one attached hydrogen (secondary N) is 1. The molecule has 5 heteroatoms. The predicted octanol–water partition coefficient (Wildman–Crippen LogP) is 3.38. The normalized spacial score (nSPS) is 19.8. The summed E-state index contributed by atoms with van der Waals surface area (Å²) in [4.78, 5) is 27.1. The van der Waals surface area contributed by atoms with E-state index in [1.54, 1.807) is 4.90 Å². The Hall–Kier alpha value is -2.69. The summed E-state index contributed by atoms with van der Waals surface area (Å²) in [5.41, 5.74) is 0.864. The van der Waals surface area contributed by atoms with Crippen molar-refractivity contribution in [3.05, 3.63) is 71.5 Å². The highest BCUT2D eigenvalue weighted by molar-refractivity contribution is 5.95. The van der Waals surface area contributed by atoms with Gasteiger partial charge in [-0.2, -0.15) is 0 Å². The van der Waals surface area contributed by atoms with Crippen LogP contribution in [0.3, 0.4) is 0 Å². The second-order valence-electron chi connectivity index (χ2n) is 7.07. The highest BCUT2D eigenvalue weighted by Gasteiger charge is 2.39. The fraction of sp³-hybridized carbons (Fsp3) is 0.333. The van der Waals surface area contributed by atoms with Crippen LogP contribution in [0, 0.1) is 11.2 Å². The minimum absolute atomic E-state index is 0.0436. The number of amides is 2. The number of halogens is 1. The molecule has 0 saturated carbocycles. The predicted molar refractivity (Wildman–Crippen MR) is 97.9 cm³/mol. The Morgan fingerprint density at radius 2 is 1.81 bits per heavy atom. The van der Waals surface area contributed by atoms with Gasteiger partial charge in [-0.1, -0.05) is 30.3 Å². The maximum atomic E-state index is 13.1. The molecule has 1 atom stereocenters. The Labute approximate surface area is 153 Å². The topological polar surface area (TPSA) is 49.4 Å². The Balaban J connectivity index is 1.64. The molecule has 1 aliphatic rings. The smallest absolute Gasteiger partial charge is 0.253 e. The highest BCUT2D eigenvalue weighted by Crippen LogP contribution is 2.30. The van der Waals surface area contributed by atoms with Crippen LogP contribution in [0.1, 0.15) is 35.7 Å². The van der Waals surface area contributed by atoms with Crippen LogP contribution >= 0.6 is 0 Å². The molecule has 1 aliphatic heterocycles. The van der Waals surface area contributed by atoms with Crippen molar-refractivity contribution in [1.29, 1.82) is 0 Å². The van der Waals surface area contributed by atoms with Crippen LogP contribution < -0.4 is 5.32 Å². The number of hydrogen-bond acceptors (Lipinski definition) is 2. The number of likely N-dealkylation sites (tertiary alicyclic amines) is 1. The molecule has 3 rings (SSSR count). The van der Waals surface area contributed by atoms with E-state index in [2.05, 4.69) is 5.32 Å². The molecule has 1 N–H and O–H groups in total. The van der Waals surface area contributed by atoms with Crippen LogP contribution in [-0.4, -0.2) is 29.8 Å².